The molecule has 0 saturated heterocycles. The zero-order valence-electron chi connectivity index (χ0n) is 9.57. The van der Waals surface area contributed by atoms with Gasteiger partial charge in [-0.05, 0) is 30.3 Å². The molecule has 1 aromatic heterocycles. The number of hydrogen-bond donors (Lipinski definition) is 1. The maximum atomic E-state index is 13.4. The summed E-state index contributed by atoms with van der Waals surface area (Å²) in [6.07, 6.45) is 0. The van der Waals surface area contributed by atoms with E-state index in [2.05, 4.69) is 4.98 Å². The van der Waals surface area contributed by atoms with Crippen molar-refractivity contribution in [3.63, 3.8) is 0 Å². The van der Waals surface area contributed by atoms with Crippen molar-refractivity contribution in [3.8, 4) is 5.69 Å². The Morgan fingerprint density at radius 1 is 1.11 bits per heavy atom. The van der Waals surface area contributed by atoms with Gasteiger partial charge in [-0.3, -0.25) is 4.57 Å². The van der Waals surface area contributed by atoms with E-state index in [1.165, 1.54) is 12.1 Å². The second-order valence-electron chi connectivity index (χ2n) is 4.03. The predicted molar refractivity (Wildman–Crippen MR) is 75.5 cm³/mol. The molecule has 3 aromatic rings. The molecule has 2 aromatic carbocycles. The van der Waals surface area contributed by atoms with Crippen LogP contribution >= 0.6 is 23.2 Å². The molecular formula is C13H8Cl2FN3. The molecule has 0 spiro atoms. The van der Waals surface area contributed by atoms with Gasteiger partial charge in [0.25, 0.3) is 0 Å². The van der Waals surface area contributed by atoms with Crippen molar-refractivity contribution in [1.29, 1.82) is 0 Å². The van der Waals surface area contributed by atoms with E-state index in [4.69, 9.17) is 28.9 Å². The van der Waals surface area contributed by atoms with Gasteiger partial charge in [0.05, 0.1) is 21.7 Å². The quantitative estimate of drug-likeness (QED) is 0.736. The zero-order valence-corrected chi connectivity index (χ0v) is 11.1. The average Bonchev–Trinajstić information content (AvgIpc) is 2.65. The average molecular weight is 296 g/mol. The van der Waals surface area contributed by atoms with Crippen LogP contribution in [0.1, 0.15) is 0 Å². The Balaban J connectivity index is 2.35. The van der Waals surface area contributed by atoms with Crippen LogP contribution < -0.4 is 5.73 Å². The Bertz CT molecular complexity index is 783. The van der Waals surface area contributed by atoms with E-state index < -0.39 is 0 Å². The lowest BCUT2D eigenvalue weighted by atomic mass is 10.2. The van der Waals surface area contributed by atoms with E-state index in [1.807, 2.05) is 0 Å². The highest BCUT2D eigenvalue weighted by atomic mass is 35.5. The lowest BCUT2D eigenvalue weighted by Gasteiger charge is -2.09. The molecule has 6 heteroatoms. The van der Waals surface area contributed by atoms with Crippen molar-refractivity contribution < 1.29 is 4.39 Å². The fourth-order valence-corrected chi connectivity index (χ4v) is 2.48. The van der Waals surface area contributed by atoms with E-state index in [9.17, 15) is 4.39 Å². The van der Waals surface area contributed by atoms with Gasteiger partial charge in [-0.2, -0.15) is 0 Å². The van der Waals surface area contributed by atoms with Gasteiger partial charge in [-0.15, -0.1) is 0 Å². The Kier molecular flexibility index (Phi) is 2.84. The minimum atomic E-state index is -0.362. The topological polar surface area (TPSA) is 43.8 Å². The number of nitrogens with two attached hydrogens (primary N) is 1. The summed E-state index contributed by atoms with van der Waals surface area (Å²) in [6, 6.07) is 9.27. The molecule has 0 saturated carbocycles. The number of nitrogens with zero attached hydrogens (tertiary/aromatic N) is 2. The van der Waals surface area contributed by atoms with Crippen molar-refractivity contribution in [2.75, 3.05) is 5.73 Å². The molecular weight excluding hydrogens is 288 g/mol. The number of aromatic nitrogens is 2. The highest BCUT2D eigenvalue weighted by molar-refractivity contribution is 6.35. The molecule has 0 aliphatic heterocycles. The van der Waals surface area contributed by atoms with Crippen molar-refractivity contribution in [2.24, 2.45) is 0 Å². The number of benzene rings is 2. The molecule has 0 amide bonds. The fourth-order valence-electron chi connectivity index (χ4n) is 1.98. The molecule has 3 rings (SSSR count). The lowest BCUT2D eigenvalue weighted by Crippen LogP contribution is -2.01. The molecule has 96 valence electrons. The normalized spacial score (nSPS) is 11.1. The Morgan fingerprint density at radius 2 is 1.89 bits per heavy atom. The van der Waals surface area contributed by atoms with Crippen LogP contribution in [0.2, 0.25) is 10.0 Å². The van der Waals surface area contributed by atoms with Crippen molar-refractivity contribution >= 4 is 40.2 Å². The summed E-state index contributed by atoms with van der Waals surface area (Å²) in [4.78, 5) is 4.18. The number of anilines is 1. The van der Waals surface area contributed by atoms with Crippen LogP contribution in [0.4, 0.5) is 10.3 Å². The third-order valence-electron chi connectivity index (χ3n) is 2.79. The molecule has 0 atom stereocenters. The van der Waals surface area contributed by atoms with Crippen molar-refractivity contribution in [1.82, 2.24) is 9.55 Å². The van der Waals surface area contributed by atoms with Gasteiger partial charge in [0, 0.05) is 11.1 Å². The molecule has 0 radical (unpaired) electrons. The highest BCUT2D eigenvalue weighted by Gasteiger charge is 2.13. The van der Waals surface area contributed by atoms with Crippen LogP contribution in [0, 0.1) is 5.82 Å². The number of halogens is 3. The van der Waals surface area contributed by atoms with Gasteiger partial charge in [0.1, 0.15) is 5.82 Å². The lowest BCUT2D eigenvalue weighted by molar-refractivity contribution is 0.629. The van der Waals surface area contributed by atoms with E-state index in [-0.39, 0.29) is 11.8 Å². The number of hydrogen-bond acceptors (Lipinski definition) is 2. The number of imidazole rings is 1. The molecule has 0 aliphatic rings. The molecule has 0 unspecified atom stereocenters. The van der Waals surface area contributed by atoms with Crippen LogP contribution in [-0.4, -0.2) is 9.55 Å². The summed E-state index contributed by atoms with van der Waals surface area (Å²) in [6.45, 7) is 0. The van der Waals surface area contributed by atoms with Crippen LogP contribution in [0.25, 0.3) is 16.7 Å². The summed E-state index contributed by atoms with van der Waals surface area (Å²) in [5.74, 6) is -0.122. The minimum absolute atomic E-state index is 0.241. The first-order chi connectivity index (χ1) is 9.06. The maximum absolute atomic E-state index is 13.4. The van der Waals surface area contributed by atoms with Gasteiger partial charge in [-0.1, -0.05) is 23.2 Å². The summed E-state index contributed by atoms with van der Waals surface area (Å²) < 4.78 is 15.0. The Hall–Kier alpha value is -1.78. The number of rotatable bonds is 1. The van der Waals surface area contributed by atoms with Crippen LogP contribution in [0.5, 0.6) is 0 Å². The van der Waals surface area contributed by atoms with Gasteiger partial charge in [-0.25, -0.2) is 9.37 Å². The predicted octanol–water partition coefficient (Wildman–Crippen LogP) is 4.05. The van der Waals surface area contributed by atoms with Crippen LogP contribution in [0.15, 0.2) is 36.4 Å². The van der Waals surface area contributed by atoms with Crippen LogP contribution in [-0.2, 0) is 0 Å². The standard InChI is InChI=1S/C13H8Cl2FN3/c14-7-1-4-11(9(15)5-7)19-12-6-8(16)2-3-10(12)18-13(19)17/h1-6H,(H2,17,18). The van der Waals surface area contributed by atoms with Gasteiger partial charge >= 0.3 is 0 Å². The minimum Gasteiger partial charge on any atom is -0.369 e. The van der Waals surface area contributed by atoms with E-state index >= 15 is 0 Å². The number of nitrogen functional groups attached to an aromatic ring is 1. The first kappa shape index (κ1) is 12.3. The first-order valence-corrected chi connectivity index (χ1v) is 6.21. The molecule has 1 heterocycles. The maximum Gasteiger partial charge on any atom is 0.205 e. The van der Waals surface area contributed by atoms with Gasteiger partial charge < -0.3 is 5.73 Å². The summed E-state index contributed by atoms with van der Waals surface area (Å²) in [5, 5.41) is 0.936. The van der Waals surface area contributed by atoms with Crippen molar-refractivity contribution in [3.05, 3.63) is 52.3 Å². The molecule has 0 fully saturated rings. The van der Waals surface area contributed by atoms with E-state index in [1.54, 1.807) is 28.8 Å². The fraction of sp³-hybridized carbons (Fsp3) is 0. The van der Waals surface area contributed by atoms with Crippen LogP contribution in [0.3, 0.4) is 0 Å². The third-order valence-corrected chi connectivity index (χ3v) is 3.33. The summed E-state index contributed by atoms with van der Waals surface area (Å²) in [7, 11) is 0. The smallest absolute Gasteiger partial charge is 0.205 e. The summed E-state index contributed by atoms with van der Waals surface area (Å²) >= 11 is 12.0. The Morgan fingerprint density at radius 3 is 2.63 bits per heavy atom. The second-order valence-corrected chi connectivity index (χ2v) is 4.88. The number of fused-ring (bicyclic) bond motifs is 1. The molecule has 0 aliphatic carbocycles. The van der Waals surface area contributed by atoms with Gasteiger partial charge in [0.15, 0.2) is 0 Å². The monoisotopic (exact) mass is 295 g/mol. The molecule has 19 heavy (non-hydrogen) atoms. The largest absolute Gasteiger partial charge is 0.369 e. The Labute approximate surface area is 118 Å². The molecule has 3 nitrogen and oxygen atoms in total. The van der Waals surface area contributed by atoms with Crippen molar-refractivity contribution in [2.45, 2.75) is 0 Å². The first-order valence-electron chi connectivity index (χ1n) is 5.45. The SMILES string of the molecule is Nc1nc2ccc(F)cc2n1-c1ccc(Cl)cc1Cl. The van der Waals surface area contributed by atoms with E-state index in [0.29, 0.717) is 26.8 Å². The zero-order chi connectivity index (χ0) is 13.6. The van der Waals surface area contributed by atoms with Gasteiger partial charge in [0.2, 0.25) is 5.95 Å². The summed E-state index contributed by atoms with van der Waals surface area (Å²) in [5.41, 5.74) is 7.65. The highest BCUT2D eigenvalue weighted by Crippen LogP contribution is 2.30. The molecule has 2 N–H and O–H groups in total. The van der Waals surface area contributed by atoms with E-state index in [0.717, 1.165) is 0 Å². The molecule has 0 bridgehead atoms. The second kappa shape index (κ2) is 4.40. The third kappa shape index (κ3) is 2.03.